The smallest absolute Gasteiger partial charge is 0.344 e. The quantitative estimate of drug-likeness (QED) is 0.607. The van der Waals surface area contributed by atoms with Crippen LogP contribution in [0.5, 0.6) is 5.75 Å². The van der Waals surface area contributed by atoms with Crippen LogP contribution in [-0.4, -0.2) is 35.0 Å². The van der Waals surface area contributed by atoms with Crippen LogP contribution in [0.4, 0.5) is 10.5 Å². The summed E-state index contributed by atoms with van der Waals surface area (Å²) in [5.74, 6) is -2.29. The molecule has 0 bridgehead atoms. The number of anilines is 1. The molecule has 1 aliphatic rings. The van der Waals surface area contributed by atoms with E-state index in [2.05, 4.69) is 5.32 Å². The summed E-state index contributed by atoms with van der Waals surface area (Å²) in [4.78, 5) is 48.7. The van der Waals surface area contributed by atoms with E-state index < -0.39 is 29.9 Å². The largest absolute Gasteiger partial charge is 0.479 e. The fourth-order valence-electron chi connectivity index (χ4n) is 2.53. The maximum Gasteiger partial charge on any atom is 0.344 e. The van der Waals surface area contributed by atoms with Crippen LogP contribution in [0.2, 0.25) is 0 Å². The van der Waals surface area contributed by atoms with Gasteiger partial charge in [0, 0.05) is 0 Å². The van der Waals surface area contributed by atoms with Gasteiger partial charge < -0.3 is 9.84 Å². The Kier molecular flexibility index (Phi) is 5.21. The Morgan fingerprint density at radius 3 is 2.32 bits per heavy atom. The molecule has 2 N–H and O–H groups in total. The highest BCUT2D eigenvalue weighted by atomic mass is 16.5. The third-order valence-electron chi connectivity index (χ3n) is 3.97. The monoisotopic (exact) mass is 380 g/mol. The number of carboxylic acid groups (broad SMARTS) is 1. The lowest BCUT2D eigenvalue weighted by atomic mass is 10.1. The van der Waals surface area contributed by atoms with Crippen molar-refractivity contribution in [1.29, 1.82) is 0 Å². The zero-order chi connectivity index (χ0) is 20.3. The van der Waals surface area contributed by atoms with Gasteiger partial charge in [0.15, 0.2) is 6.10 Å². The predicted octanol–water partition coefficient (Wildman–Crippen LogP) is 2.20. The number of ether oxygens (including phenoxy) is 1. The molecule has 3 rings (SSSR count). The van der Waals surface area contributed by atoms with Crippen LogP contribution < -0.4 is 15.0 Å². The van der Waals surface area contributed by atoms with Crippen LogP contribution in [0.1, 0.15) is 12.5 Å². The number of aliphatic carboxylic acids is 1. The highest BCUT2D eigenvalue weighted by Crippen LogP contribution is 2.22. The molecule has 1 saturated heterocycles. The molecule has 0 spiro atoms. The van der Waals surface area contributed by atoms with E-state index in [1.165, 1.54) is 25.1 Å². The van der Waals surface area contributed by atoms with Gasteiger partial charge in [0.2, 0.25) is 0 Å². The molecule has 0 radical (unpaired) electrons. The number of carbonyl (C=O) groups excluding carboxylic acids is 3. The summed E-state index contributed by atoms with van der Waals surface area (Å²) in [7, 11) is 0. The van der Waals surface area contributed by atoms with Crippen molar-refractivity contribution in [2.24, 2.45) is 0 Å². The molecule has 1 aliphatic heterocycles. The van der Waals surface area contributed by atoms with Crippen molar-refractivity contribution in [2.45, 2.75) is 13.0 Å². The SMILES string of the molecule is C[C@@H](Oc1ccc(/C=C2\C(=O)NC(=O)N(c3ccccc3)C2=O)cc1)C(=O)O. The number of rotatable bonds is 5. The van der Waals surface area contributed by atoms with E-state index in [1.807, 2.05) is 0 Å². The summed E-state index contributed by atoms with van der Waals surface area (Å²) in [6.07, 6.45) is 0.338. The first-order valence-electron chi connectivity index (χ1n) is 8.33. The summed E-state index contributed by atoms with van der Waals surface area (Å²) in [5, 5.41) is 11.0. The molecule has 1 atom stereocenters. The molecule has 8 heteroatoms. The average molecular weight is 380 g/mol. The molecule has 2 aromatic rings. The third kappa shape index (κ3) is 3.90. The molecule has 8 nitrogen and oxygen atoms in total. The molecular formula is C20H16N2O6. The first-order chi connectivity index (χ1) is 13.4. The number of benzene rings is 2. The Morgan fingerprint density at radius 1 is 1.07 bits per heavy atom. The number of nitrogens with zero attached hydrogens (tertiary/aromatic N) is 1. The number of barbiturate groups is 1. The lowest BCUT2D eigenvalue weighted by molar-refractivity contribution is -0.144. The van der Waals surface area contributed by atoms with Gasteiger partial charge in [0.05, 0.1) is 5.69 Å². The molecule has 28 heavy (non-hydrogen) atoms. The Morgan fingerprint density at radius 2 is 1.71 bits per heavy atom. The number of para-hydroxylation sites is 1. The summed E-state index contributed by atoms with van der Waals surface area (Å²) in [5.41, 5.74) is 0.655. The van der Waals surface area contributed by atoms with Gasteiger partial charge in [0.1, 0.15) is 11.3 Å². The summed E-state index contributed by atoms with van der Waals surface area (Å²) in [6.45, 7) is 1.40. The average Bonchev–Trinajstić information content (AvgIpc) is 2.67. The van der Waals surface area contributed by atoms with Gasteiger partial charge in [-0.15, -0.1) is 0 Å². The molecule has 2 aromatic carbocycles. The highest BCUT2D eigenvalue weighted by molar-refractivity contribution is 6.39. The molecule has 0 unspecified atom stereocenters. The minimum atomic E-state index is -1.10. The van der Waals surface area contributed by atoms with Gasteiger partial charge in [-0.25, -0.2) is 14.5 Å². The first-order valence-corrected chi connectivity index (χ1v) is 8.33. The summed E-state index contributed by atoms with van der Waals surface area (Å²) in [6, 6.07) is 13.6. The number of hydrogen-bond acceptors (Lipinski definition) is 5. The van der Waals surface area contributed by atoms with Crippen LogP contribution in [-0.2, 0) is 14.4 Å². The molecule has 1 heterocycles. The van der Waals surface area contributed by atoms with Gasteiger partial charge in [-0.2, -0.15) is 0 Å². The Hall–Kier alpha value is -3.94. The van der Waals surface area contributed by atoms with Gasteiger partial charge in [-0.3, -0.25) is 14.9 Å². The highest BCUT2D eigenvalue weighted by Gasteiger charge is 2.36. The van der Waals surface area contributed by atoms with Gasteiger partial charge >= 0.3 is 12.0 Å². The lowest BCUT2D eigenvalue weighted by Gasteiger charge is -2.26. The van der Waals surface area contributed by atoms with Crippen molar-refractivity contribution in [3.8, 4) is 5.75 Å². The van der Waals surface area contributed by atoms with Crippen LogP contribution >= 0.6 is 0 Å². The number of hydrogen-bond donors (Lipinski definition) is 2. The zero-order valence-corrected chi connectivity index (χ0v) is 14.8. The predicted molar refractivity (Wildman–Crippen MR) is 99.6 cm³/mol. The number of imide groups is 2. The van der Waals surface area contributed by atoms with E-state index in [0.29, 0.717) is 17.0 Å². The van der Waals surface area contributed by atoms with Crippen LogP contribution in [0, 0.1) is 0 Å². The molecule has 0 aliphatic carbocycles. The molecule has 1 fully saturated rings. The van der Waals surface area contributed by atoms with Crippen LogP contribution in [0.3, 0.4) is 0 Å². The lowest BCUT2D eigenvalue weighted by Crippen LogP contribution is -2.54. The second-order valence-corrected chi connectivity index (χ2v) is 5.96. The van der Waals surface area contributed by atoms with Crippen molar-refractivity contribution in [3.05, 3.63) is 65.7 Å². The van der Waals surface area contributed by atoms with Crippen molar-refractivity contribution in [2.75, 3.05) is 4.90 Å². The number of carbonyl (C=O) groups is 4. The second-order valence-electron chi connectivity index (χ2n) is 5.96. The van der Waals surface area contributed by atoms with Crippen LogP contribution in [0.15, 0.2) is 60.2 Å². The number of carboxylic acids is 1. The maximum atomic E-state index is 12.7. The van der Waals surface area contributed by atoms with E-state index >= 15 is 0 Å². The zero-order valence-electron chi connectivity index (χ0n) is 14.8. The minimum Gasteiger partial charge on any atom is -0.479 e. The number of urea groups is 1. The van der Waals surface area contributed by atoms with Crippen molar-refractivity contribution in [3.63, 3.8) is 0 Å². The van der Waals surface area contributed by atoms with Crippen LogP contribution in [0.25, 0.3) is 6.08 Å². The molecule has 0 aromatic heterocycles. The topological polar surface area (TPSA) is 113 Å². The van der Waals surface area contributed by atoms with Crippen molar-refractivity contribution < 1.29 is 29.0 Å². The second kappa shape index (κ2) is 7.75. The van der Waals surface area contributed by atoms with E-state index in [9.17, 15) is 19.2 Å². The molecule has 0 saturated carbocycles. The fourth-order valence-corrected chi connectivity index (χ4v) is 2.53. The third-order valence-corrected chi connectivity index (χ3v) is 3.97. The number of nitrogens with one attached hydrogen (secondary N) is 1. The van der Waals surface area contributed by atoms with E-state index in [0.717, 1.165) is 4.90 Å². The van der Waals surface area contributed by atoms with E-state index in [4.69, 9.17) is 9.84 Å². The normalized spacial score (nSPS) is 16.7. The molecule has 4 amide bonds. The van der Waals surface area contributed by atoms with E-state index in [-0.39, 0.29) is 5.57 Å². The Balaban J connectivity index is 1.86. The fraction of sp³-hybridized carbons (Fsp3) is 0.100. The van der Waals surface area contributed by atoms with Gasteiger partial charge in [-0.05, 0) is 42.8 Å². The number of amides is 4. The Labute approximate surface area is 160 Å². The molecular weight excluding hydrogens is 364 g/mol. The first kappa shape index (κ1) is 18.8. The Bertz CT molecular complexity index is 966. The van der Waals surface area contributed by atoms with Gasteiger partial charge in [0.25, 0.3) is 11.8 Å². The molecule has 142 valence electrons. The summed E-state index contributed by atoms with van der Waals surface area (Å²) >= 11 is 0. The maximum absolute atomic E-state index is 12.7. The van der Waals surface area contributed by atoms with E-state index in [1.54, 1.807) is 42.5 Å². The standard InChI is InChI=1S/C20H16N2O6/c1-12(19(25)26)28-15-9-7-13(8-10-15)11-16-17(23)21-20(27)22(18(16)24)14-5-3-2-4-6-14/h2-12H,1H3,(H,25,26)(H,21,23,27)/b16-11+/t12-/m1/s1. The van der Waals surface area contributed by atoms with Crippen molar-refractivity contribution in [1.82, 2.24) is 5.32 Å². The summed E-state index contributed by atoms with van der Waals surface area (Å²) < 4.78 is 5.23. The minimum absolute atomic E-state index is 0.198. The van der Waals surface area contributed by atoms with Crippen molar-refractivity contribution >= 4 is 35.6 Å². The van der Waals surface area contributed by atoms with Gasteiger partial charge in [-0.1, -0.05) is 30.3 Å².